The van der Waals surface area contributed by atoms with Crippen molar-refractivity contribution < 1.29 is 9.18 Å². The van der Waals surface area contributed by atoms with E-state index in [0.29, 0.717) is 11.6 Å². The highest BCUT2D eigenvalue weighted by Crippen LogP contribution is 2.11. The molecule has 0 atom stereocenters. The molecule has 0 bridgehead atoms. The molecule has 0 saturated heterocycles. The van der Waals surface area contributed by atoms with Gasteiger partial charge in [0.2, 0.25) is 5.01 Å². The Labute approximate surface area is 112 Å². The number of nitrogens with zero attached hydrogens (tertiary/aromatic N) is 2. The highest BCUT2D eigenvalue weighted by Gasteiger charge is 2.11. The summed E-state index contributed by atoms with van der Waals surface area (Å²) in [6.07, 6.45) is 0. The maximum Gasteiger partial charge on any atom is 0.282 e. The summed E-state index contributed by atoms with van der Waals surface area (Å²) in [6.45, 7) is 0.314. The lowest BCUT2D eigenvalue weighted by Gasteiger charge is -2.02. The Morgan fingerprint density at radius 3 is 2.67 bits per heavy atom. The number of benzene rings is 1. The van der Waals surface area contributed by atoms with Crippen LogP contribution < -0.4 is 5.32 Å². The van der Waals surface area contributed by atoms with E-state index in [0.717, 1.165) is 16.9 Å². The van der Waals surface area contributed by atoms with Gasteiger partial charge in [0.1, 0.15) is 10.8 Å². The first-order chi connectivity index (χ1) is 8.69. The predicted molar refractivity (Wildman–Crippen MR) is 67.0 cm³/mol. The van der Waals surface area contributed by atoms with Crippen LogP contribution in [0.2, 0.25) is 0 Å². The van der Waals surface area contributed by atoms with E-state index in [1.807, 2.05) is 0 Å². The highest BCUT2D eigenvalue weighted by molar-refractivity contribution is 7.13. The molecule has 0 aliphatic carbocycles. The number of halogens is 2. The molecule has 2 rings (SSSR count). The highest BCUT2D eigenvalue weighted by atomic mass is 35.5. The second-order valence-corrected chi connectivity index (χ2v) is 4.77. The van der Waals surface area contributed by atoms with Crippen LogP contribution in [0.25, 0.3) is 0 Å². The first-order valence-electron chi connectivity index (χ1n) is 5.10. The first-order valence-corrected chi connectivity index (χ1v) is 6.45. The molecule has 1 amide bonds. The molecule has 0 unspecified atom stereocenters. The van der Waals surface area contributed by atoms with Gasteiger partial charge in [0.05, 0.1) is 5.88 Å². The molecule has 1 aromatic carbocycles. The van der Waals surface area contributed by atoms with Crippen molar-refractivity contribution in [1.82, 2.24) is 15.5 Å². The molecule has 0 fully saturated rings. The van der Waals surface area contributed by atoms with E-state index < -0.39 is 0 Å². The van der Waals surface area contributed by atoms with Crippen LogP contribution in [0.3, 0.4) is 0 Å². The zero-order valence-corrected chi connectivity index (χ0v) is 10.8. The summed E-state index contributed by atoms with van der Waals surface area (Å²) in [5.74, 6) is -0.378. The monoisotopic (exact) mass is 285 g/mol. The van der Waals surface area contributed by atoms with E-state index in [9.17, 15) is 9.18 Å². The number of hydrogen-bond acceptors (Lipinski definition) is 4. The van der Waals surface area contributed by atoms with Crippen LogP contribution in [0, 0.1) is 5.82 Å². The fourth-order valence-electron chi connectivity index (χ4n) is 1.26. The Morgan fingerprint density at radius 2 is 2.06 bits per heavy atom. The zero-order chi connectivity index (χ0) is 13.0. The number of aromatic nitrogens is 2. The van der Waals surface area contributed by atoms with Crippen LogP contribution >= 0.6 is 22.9 Å². The van der Waals surface area contributed by atoms with Gasteiger partial charge >= 0.3 is 0 Å². The molecule has 7 heteroatoms. The van der Waals surface area contributed by atoms with Gasteiger partial charge in [-0.05, 0) is 17.7 Å². The van der Waals surface area contributed by atoms with Crippen molar-refractivity contribution in [3.8, 4) is 0 Å². The molecule has 1 aromatic heterocycles. The maximum absolute atomic E-state index is 12.7. The SMILES string of the molecule is O=C(NCc1ccc(F)cc1)c1nnc(CCl)s1. The first kappa shape index (κ1) is 12.9. The number of carbonyl (C=O) groups excluding carboxylic acids is 1. The summed E-state index contributed by atoms with van der Waals surface area (Å²) in [4.78, 5) is 11.7. The molecule has 0 aliphatic heterocycles. The summed E-state index contributed by atoms with van der Waals surface area (Å²) < 4.78 is 12.7. The number of rotatable bonds is 4. The van der Waals surface area contributed by atoms with E-state index in [1.54, 1.807) is 12.1 Å². The Balaban J connectivity index is 1.93. The number of carbonyl (C=O) groups is 1. The fourth-order valence-corrected chi connectivity index (χ4v) is 2.08. The average Bonchev–Trinajstić information content (AvgIpc) is 2.86. The molecular formula is C11H9ClFN3OS. The largest absolute Gasteiger partial charge is 0.346 e. The van der Waals surface area contributed by atoms with Crippen molar-refractivity contribution in [2.24, 2.45) is 0 Å². The van der Waals surface area contributed by atoms with Crippen LogP contribution in [0.1, 0.15) is 20.4 Å². The lowest BCUT2D eigenvalue weighted by atomic mass is 10.2. The van der Waals surface area contributed by atoms with Crippen molar-refractivity contribution in [1.29, 1.82) is 0 Å². The molecule has 1 N–H and O–H groups in total. The molecule has 2 aromatic rings. The second kappa shape index (κ2) is 5.88. The lowest BCUT2D eigenvalue weighted by Crippen LogP contribution is -2.22. The molecule has 0 spiro atoms. The summed E-state index contributed by atoms with van der Waals surface area (Å²) >= 11 is 6.73. The van der Waals surface area contributed by atoms with E-state index in [2.05, 4.69) is 15.5 Å². The number of amides is 1. The van der Waals surface area contributed by atoms with Gasteiger partial charge in [0.15, 0.2) is 0 Å². The summed E-state index contributed by atoms with van der Waals surface area (Å²) in [6, 6.07) is 5.91. The minimum Gasteiger partial charge on any atom is -0.346 e. The Kier molecular flexibility index (Phi) is 4.22. The molecule has 0 radical (unpaired) electrons. The topological polar surface area (TPSA) is 54.9 Å². The van der Waals surface area contributed by atoms with Gasteiger partial charge in [0.25, 0.3) is 5.91 Å². The van der Waals surface area contributed by atoms with E-state index in [4.69, 9.17) is 11.6 Å². The van der Waals surface area contributed by atoms with Crippen LogP contribution in [0.4, 0.5) is 4.39 Å². The quantitative estimate of drug-likeness (QED) is 0.877. The molecule has 1 heterocycles. The Morgan fingerprint density at radius 1 is 1.33 bits per heavy atom. The second-order valence-electron chi connectivity index (χ2n) is 3.44. The maximum atomic E-state index is 12.7. The number of nitrogens with one attached hydrogen (secondary N) is 1. The normalized spacial score (nSPS) is 10.3. The van der Waals surface area contributed by atoms with Crippen molar-refractivity contribution >= 4 is 28.8 Å². The van der Waals surface area contributed by atoms with Crippen molar-refractivity contribution in [2.75, 3.05) is 0 Å². The zero-order valence-electron chi connectivity index (χ0n) is 9.19. The molecule has 0 saturated carbocycles. The fraction of sp³-hybridized carbons (Fsp3) is 0.182. The molecule has 18 heavy (non-hydrogen) atoms. The minimum absolute atomic E-state index is 0.239. The lowest BCUT2D eigenvalue weighted by molar-refractivity contribution is 0.0950. The van der Waals surface area contributed by atoms with Gasteiger partial charge in [-0.3, -0.25) is 4.79 Å². The van der Waals surface area contributed by atoms with E-state index in [1.165, 1.54) is 12.1 Å². The van der Waals surface area contributed by atoms with Crippen LogP contribution in [0.15, 0.2) is 24.3 Å². The summed E-state index contributed by atoms with van der Waals surface area (Å²) in [5.41, 5.74) is 0.812. The third-order valence-electron chi connectivity index (χ3n) is 2.14. The van der Waals surface area contributed by atoms with Gasteiger partial charge in [-0.15, -0.1) is 21.8 Å². The molecular weight excluding hydrogens is 277 g/mol. The summed E-state index contributed by atoms with van der Waals surface area (Å²) in [5, 5.41) is 11.0. The van der Waals surface area contributed by atoms with E-state index in [-0.39, 0.29) is 22.6 Å². The van der Waals surface area contributed by atoms with Crippen molar-refractivity contribution in [3.63, 3.8) is 0 Å². The predicted octanol–water partition coefficient (Wildman–Crippen LogP) is 2.35. The Hall–Kier alpha value is -1.53. The third kappa shape index (κ3) is 3.24. The minimum atomic E-state index is -0.312. The average molecular weight is 286 g/mol. The molecule has 4 nitrogen and oxygen atoms in total. The van der Waals surface area contributed by atoms with Crippen LogP contribution in [0.5, 0.6) is 0 Å². The van der Waals surface area contributed by atoms with Crippen molar-refractivity contribution in [2.45, 2.75) is 12.4 Å². The van der Waals surface area contributed by atoms with Crippen molar-refractivity contribution in [3.05, 3.63) is 45.7 Å². The third-order valence-corrected chi connectivity index (χ3v) is 3.48. The number of hydrogen-bond donors (Lipinski definition) is 1. The summed E-state index contributed by atoms with van der Waals surface area (Å²) in [7, 11) is 0. The van der Waals surface area contributed by atoms with Gasteiger partial charge < -0.3 is 5.32 Å². The standard InChI is InChI=1S/C11H9ClFN3OS/c12-5-9-15-16-11(18-9)10(17)14-6-7-1-3-8(13)4-2-7/h1-4H,5-6H2,(H,14,17). The van der Waals surface area contributed by atoms with Gasteiger partial charge in [-0.1, -0.05) is 23.5 Å². The molecule has 94 valence electrons. The van der Waals surface area contributed by atoms with Gasteiger partial charge in [0, 0.05) is 6.54 Å². The van der Waals surface area contributed by atoms with Gasteiger partial charge in [-0.2, -0.15) is 0 Å². The van der Waals surface area contributed by atoms with Crippen LogP contribution in [-0.4, -0.2) is 16.1 Å². The smallest absolute Gasteiger partial charge is 0.282 e. The number of alkyl halides is 1. The van der Waals surface area contributed by atoms with E-state index >= 15 is 0 Å². The molecule has 0 aliphatic rings. The Bertz CT molecular complexity index is 543. The van der Waals surface area contributed by atoms with Gasteiger partial charge in [-0.25, -0.2) is 4.39 Å². The van der Waals surface area contributed by atoms with Crippen LogP contribution in [-0.2, 0) is 12.4 Å².